The van der Waals surface area contributed by atoms with E-state index >= 15 is 0 Å². The first-order valence-electron chi connectivity index (χ1n) is 7.11. The first-order valence-corrected chi connectivity index (χ1v) is 7.49. The van der Waals surface area contributed by atoms with Gasteiger partial charge in [0.25, 0.3) is 0 Å². The zero-order valence-electron chi connectivity index (χ0n) is 12.7. The van der Waals surface area contributed by atoms with Crippen LogP contribution in [0.25, 0.3) is 11.0 Å². The van der Waals surface area contributed by atoms with Gasteiger partial charge in [-0.1, -0.05) is 17.7 Å². The Bertz CT molecular complexity index is 980. The summed E-state index contributed by atoms with van der Waals surface area (Å²) >= 11 is 5.75. The highest BCUT2D eigenvalue weighted by molar-refractivity contribution is 6.30. The second kappa shape index (κ2) is 6.33. The van der Waals surface area contributed by atoms with Crippen molar-refractivity contribution in [2.75, 3.05) is 11.9 Å². The van der Waals surface area contributed by atoms with E-state index in [0.29, 0.717) is 10.8 Å². The highest BCUT2D eigenvalue weighted by Crippen LogP contribution is 2.23. The number of rotatable bonds is 4. The molecule has 24 heavy (non-hydrogen) atoms. The van der Waals surface area contributed by atoms with Crippen LogP contribution in [0.3, 0.4) is 0 Å². The molecule has 0 spiro atoms. The lowest BCUT2D eigenvalue weighted by Gasteiger charge is -2.08. The molecule has 3 aromatic rings. The van der Waals surface area contributed by atoms with Gasteiger partial charge >= 0.3 is 0 Å². The number of carbonyl (C=O) groups excluding carboxylic acids is 1. The van der Waals surface area contributed by atoms with E-state index in [1.165, 1.54) is 12.3 Å². The smallest absolute Gasteiger partial charge is 0.207 e. The molecule has 0 amide bonds. The number of hydrogen-bond acceptors (Lipinski definition) is 6. The van der Waals surface area contributed by atoms with E-state index in [0.717, 1.165) is 0 Å². The molecule has 1 aromatic carbocycles. The summed E-state index contributed by atoms with van der Waals surface area (Å²) in [5, 5.41) is 13.2. The Hall–Kier alpha value is -2.86. The lowest BCUT2D eigenvalue weighted by Crippen LogP contribution is -2.23. The number of Topliss-reactive ketones (excluding diaryl/α,β-unsaturated/α-hetero) is 1. The summed E-state index contributed by atoms with van der Waals surface area (Å²) in [6, 6.07) is 7.76. The van der Waals surface area contributed by atoms with Crippen LogP contribution in [-0.2, 0) is 0 Å². The third-order valence-corrected chi connectivity index (χ3v) is 3.73. The number of phenolic OH excluding ortho intramolecular Hbond substituents is 1. The normalized spacial score (nSPS) is 10.8. The predicted octanol–water partition coefficient (Wildman–Crippen LogP) is 3.15. The minimum Gasteiger partial charge on any atom is -0.507 e. The number of phenols is 1. The van der Waals surface area contributed by atoms with Crippen LogP contribution in [0.2, 0.25) is 5.02 Å². The highest BCUT2D eigenvalue weighted by atomic mass is 35.5. The molecular formula is C17H13ClN2O4. The fraction of sp³-hybridized carbons (Fsp3) is 0.118. The van der Waals surface area contributed by atoms with Crippen LogP contribution in [0, 0.1) is 6.92 Å². The molecule has 2 N–H and O–H groups in total. The number of nitrogens with one attached hydrogen (secondary N) is 1. The van der Waals surface area contributed by atoms with E-state index in [4.69, 9.17) is 16.0 Å². The second-order valence-corrected chi connectivity index (χ2v) is 5.59. The quantitative estimate of drug-likeness (QED) is 0.706. The van der Waals surface area contributed by atoms with Crippen molar-refractivity contribution < 1.29 is 14.3 Å². The number of aromatic hydroxyl groups is 1. The Labute approximate surface area is 141 Å². The monoisotopic (exact) mass is 344 g/mol. The average molecular weight is 345 g/mol. The van der Waals surface area contributed by atoms with Gasteiger partial charge in [0.05, 0.1) is 11.6 Å². The molecule has 2 heterocycles. The third-order valence-electron chi connectivity index (χ3n) is 3.51. The SMILES string of the molecule is Cc1oc2cccc(O)c2c(=O)c1C(=O)CNc1ccc(Cl)cn1. The number of nitrogens with zero attached hydrogens (tertiary/aromatic N) is 1. The Morgan fingerprint density at radius 3 is 2.83 bits per heavy atom. The van der Waals surface area contributed by atoms with Gasteiger partial charge in [0.2, 0.25) is 5.43 Å². The average Bonchev–Trinajstić information content (AvgIpc) is 2.54. The van der Waals surface area contributed by atoms with Crippen molar-refractivity contribution in [2.45, 2.75) is 6.92 Å². The van der Waals surface area contributed by atoms with Gasteiger partial charge < -0.3 is 14.8 Å². The predicted molar refractivity (Wildman–Crippen MR) is 91.0 cm³/mol. The van der Waals surface area contributed by atoms with Crippen molar-refractivity contribution in [3.8, 4) is 5.75 Å². The number of hydrogen-bond donors (Lipinski definition) is 2. The molecule has 0 aliphatic carbocycles. The molecule has 3 rings (SSSR count). The summed E-state index contributed by atoms with van der Waals surface area (Å²) in [5.41, 5.74) is -0.408. The topological polar surface area (TPSA) is 92.4 Å². The van der Waals surface area contributed by atoms with E-state index in [2.05, 4.69) is 10.3 Å². The molecule has 0 bridgehead atoms. The van der Waals surface area contributed by atoms with E-state index < -0.39 is 11.2 Å². The molecule has 2 aromatic heterocycles. The van der Waals surface area contributed by atoms with Crippen LogP contribution in [0.5, 0.6) is 5.75 Å². The van der Waals surface area contributed by atoms with E-state index in [1.807, 2.05) is 0 Å². The summed E-state index contributed by atoms with van der Waals surface area (Å²) in [5.74, 6) is -0.0156. The first kappa shape index (κ1) is 16.0. The lowest BCUT2D eigenvalue weighted by atomic mass is 10.1. The van der Waals surface area contributed by atoms with Crippen molar-refractivity contribution >= 4 is 34.2 Å². The van der Waals surface area contributed by atoms with Crippen molar-refractivity contribution in [3.05, 3.63) is 63.1 Å². The number of pyridine rings is 1. The van der Waals surface area contributed by atoms with Crippen molar-refractivity contribution in [2.24, 2.45) is 0 Å². The third kappa shape index (κ3) is 2.96. The molecule has 0 fully saturated rings. The maximum absolute atomic E-state index is 12.6. The van der Waals surface area contributed by atoms with Crippen LogP contribution in [0.4, 0.5) is 5.82 Å². The van der Waals surface area contributed by atoms with E-state index in [9.17, 15) is 14.7 Å². The van der Waals surface area contributed by atoms with Crippen LogP contribution in [0.15, 0.2) is 45.7 Å². The summed E-state index contributed by atoms with van der Waals surface area (Å²) in [4.78, 5) is 29.0. The van der Waals surface area contributed by atoms with Crippen LogP contribution in [0.1, 0.15) is 16.1 Å². The number of benzene rings is 1. The summed E-state index contributed by atoms with van der Waals surface area (Å²) < 4.78 is 5.50. The standard InChI is InChI=1S/C17H13ClN2O4/c1-9-15(12(22)8-20-14-6-5-10(18)7-19-14)17(23)16-11(21)3-2-4-13(16)24-9/h2-7,21H,8H2,1H3,(H,19,20). The van der Waals surface area contributed by atoms with Gasteiger partial charge in [-0.15, -0.1) is 0 Å². The maximum atomic E-state index is 12.6. The molecule has 0 saturated carbocycles. The van der Waals surface area contributed by atoms with Crippen LogP contribution < -0.4 is 10.7 Å². The summed E-state index contributed by atoms with van der Waals surface area (Å²) in [6.45, 7) is 1.40. The molecule has 0 atom stereocenters. The fourth-order valence-electron chi connectivity index (χ4n) is 2.40. The van der Waals surface area contributed by atoms with Gasteiger partial charge in [-0.25, -0.2) is 4.98 Å². The summed E-state index contributed by atoms with van der Waals surface area (Å²) in [7, 11) is 0. The van der Waals surface area contributed by atoms with Gasteiger partial charge in [-0.3, -0.25) is 9.59 Å². The minimum absolute atomic E-state index is 0.00364. The Kier molecular flexibility index (Phi) is 4.22. The number of ketones is 1. The number of halogens is 1. The maximum Gasteiger partial charge on any atom is 0.207 e. The molecule has 0 radical (unpaired) electrons. The van der Waals surface area contributed by atoms with E-state index in [-0.39, 0.29) is 34.6 Å². The number of carbonyl (C=O) groups is 1. The Morgan fingerprint density at radius 1 is 1.33 bits per heavy atom. The highest BCUT2D eigenvalue weighted by Gasteiger charge is 2.20. The molecule has 6 nitrogen and oxygen atoms in total. The molecule has 0 aliphatic rings. The van der Waals surface area contributed by atoms with Gasteiger partial charge in [0.15, 0.2) is 5.78 Å². The Balaban J connectivity index is 1.93. The largest absolute Gasteiger partial charge is 0.507 e. The molecule has 122 valence electrons. The molecule has 0 aliphatic heterocycles. The number of fused-ring (bicyclic) bond motifs is 1. The van der Waals surface area contributed by atoms with Crippen molar-refractivity contribution in [1.29, 1.82) is 0 Å². The number of anilines is 1. The molecule has 0 unspecified atom stereocenters. The zero-order chi connectivity index (χ0) is 17.3. The zero-order valence-corrected chi connectivity index (χ0v) is 13.4. The van der Waals surface area contributed by atoms with E-state index in [1.54, 1.807) is 31.2 Å². The van der Waals surface area contributed by atoms with Gasteiger partial charge in [-0.2, -0.15) is 0 Å². The molecule has 7 heteroatoms. The van der Waals surface area contributed by atoms with Crippen LogP contribution in [-0.4, -0.2) is 22.4 Å². The second-order valence-electron chi connectivity index (χ2n) is 5.15. The number of aromatic nitrogens is 1. The molecule has 0 saturated heterocycles. The van der Waals surface area contributed by atoms with Crippen molar-refractivity contribution in [3.63, 3.8) is 0 Å². The van der Waals surface area contributed by atoms with Gasteiger partial charge in [0.1, 0.15) is 33.9 Å². The fourth-order valence-corrected chi connectivity index (χ4v) is 2.51. The summed E-state index contributed by atoms with van der Waals surface area (Å²) in [6.07, 6.45) is 1.45. The van der Waals surface area contributed by atoms with Crippen LogP contribution >= 0.6 is 11.6 Å². The van der Waals surface area contributed by atoms with Gasteiger partial charge in [0, 0.05) is 6.20 Å². The Morgan fingerprint density at radius 2 is 2.12 bits per heavy atom. The lowest BCUT2D eigenvalue weighted by molar-refractivity contribution is 0.100. The molecular weight excluding hydrogens is 332 g/mol. The van der Waals surface area contributed by atoms with Gasteiger partial charge in [-0.05, 0) is 31.2 Å². The number of aryl methyl sites for hydroxylation is 1. The minimum atomic E-state index is -0.553. The first-order chi connectivity index (χ1) is 11.5. The van der Waals surface area contributed by atoms with Crippen molar-refractivity contribution in [1.82, 2.24) is 4.98 Å².